The molecule has 3 heterocycles. The molecule has 3 atom stereocenters. The Kier molecular flexibility index (Phi) is 12.4. The molecule has 0 saturated carbocycles. The number of methoxy groups -OCH3 is 2. The average molecular weight is 712 g/mol. The van der Waals surface area contributed by atoms with Crippen LogP contribution in [0.3, 0.4) is 0 Å². The average Bonchev–Trinajstić information content (AvgIpc) is 3.10. The lowest BCUT2D eigenvalue weighted by Crippen LogP contribution is -2.52. The molecule has 6 rings (SSSR count). The molecule has 260 valence electrons. The smallest absolute Gasteiger partial charge is 0.338 e. The third kappa shape index (κ3) is 9.22. The molecule has 2 bridgehead atoms. The summed E-state index contributed by atoms with van der Waals surface area (Å²) < 4.78 is 37.1. The van der Waals surface area contributed by atoms with Gasteiger partial charge in [0.25, 0.3) is 0 Å². The molecule has 8 nitrogen and oxygen atoms in total. The van der Waals surface area contributed by atoms with E-state index in [0.29, 0.717) is 44.7 Å². The minimum absolute atomic E-state index is 0.177. The Bertz CT molecular complexity index is 1690. The highest BCUT2D eigenvalue weighted by Crippen LogP contribution is 2.37. The molecule has 0 amide bonds. The largest absolute Gasteiger partial charge is 0.493 e. The summed E-state index contributed by atoms with van der Waals surface area (Å²) in [5.74, 6) is -0.0985. The van der Waals surface area contributed by atoms with Crippen molar-refractivity contribution in [2.45, 2.75) is 51.0 Å². The van der Waals surface area contributed by atoms with Gasteiger partial charge in [-0.1, -0.05) is 60.1 Å². The molecule has 0 spiro atoms. The lowest BCUT2D eigenvalue weighted by molar-refractivity contribution is -0.161. The van der Waals surface area contributed by atoms with E-state index in [9.17, 15) is 14.0 Å². The van der Waals surface area contributed by atoms with Crippen molar-refractivity contribution in [3.05, 3.63) is 117 Å². The first-order valence-corrected chi connectivity index (χ1v) is 17.0. The van der Waals surface area contributed by atoms with E-state index in [0.717, 1.165) is 38.0 Å². The predicted octanol–water partition coefficient (Wildman–Crippen LogP) is 7.86. The van der Waals surface area contributed by atoms with Crippen LogP contribution < -0.4 is 14.8 Å². The number of nitrogens with zero attached hydrogens (tertiary/aromatic N) is 1. The molecule has 49 heavy (non-hydrogen) atoms. The topological polar surface area (TPSA) is 86.3 Å². The fraction of sp³-hybridized carbons (Fsp3) is 0.368. The number of allylic oxidation sites excluding steroid dienone is 2. The van der Waals surface area contributed by atoms with Gasteiger partial charge in [-0.05, 0) is 97.4 Å². The molecular formula is C38H41Cl2FN2O6. The van der Waals surface area contributed by atoms with Gasteiger partial charge < -0.3 is 18.9 Å². The van der Waals surface area contributed by atoms with Crippen molar-refractivity contribution >= 4 is 35.1 Å². The maximum atomic E-state index is 14.2. The molecule has 3 aromatic carbocycles. The quantitative estimate of drug-likeness (QED) is 0.134. The number of benzene rings is 3. The number of hydrogen-bond donors (Lipinski definition) is 1. The van der Waals surface area contributed by atoms with Crippen LogP contribution in [0.2, 0.25) is 0 Å². The fourth-order valence-corrected chi connectivity index (χ4v) is 6.82. The van der Waals surface area contributed by atoms with Crippen LogP contribution in [0.25, 0.3) is 0 Å². The SMILES string of the molecule is C=C(Cl)/C(C[C@H](OC(=O)c1ccc(CNC(C(=O)O[C@H]2CN3CCC2CC3)c2cccc(F)c2)cc1)c1ccc(OC)c(OC)c1)=C(\C)Cl. The number of rotatable bonds is 14. The Labute approximate surface area is 296 Å². The van der Waals surface area contributed by atoms with Crippen LogP contribution in [0, 0.1) is 11.7 Å². The van der Waals surface area contributed by atoms with E-state index in [1.54, 1.807) is 61.5 Å². The zero-order valence-electron chi connectivity index (χ0n) is 27.8. The second kappa shape index (κ2) is 16.7. The van der Waals surface area contributed by atoms with Gasteiger partial charge in [-0.3, -0.25) is 10.2 Å². The Morgan fingerprint density at radius 2 is 1.69 bits per heavy atom. The maximum Gasteiger partial charge on any atom is 0.338 e. The number of carbonyl (C=O) groups is 2. The third-order valence-corrected chi connectivity index (χ3v) is 9.60. The molecule has 3 aliphatic rings. The molecule has 11 heteroatoms. The first-order chi connectivity index (χ1) is 23.6. The van der Waals surface area contributed by atoms with Gasteiger partial charge in [0.15, 0.2) is 11.5 Å². The van der Waals surface area contributed by atoms with Crippen LogP contribution in [0.4, 0.5) is 4.39 Å². The minimum Gasteiger partial charge on any atom is -0.493 e. The van der Waals surface area contributed by atoms with E-state index in [1.807, 2.05) is 0 Å². The van der Waals surface area contributed by atoms with Gasteiger partial charge >= 0.3 is 11.9 Å². The van der Waals surface area contributed by atoms with E-state index >= 15 is 0 Å². The Hall–Kier alpha value is -3.89. The lowest BCUT2D eigenvalue weighted by Gasteiger charge is -2.44. The third-order valence-electron chi connectivity index (χ3n) is 9.14. The van der Waals surface area contributed by atoms with Crippen molar-refractivity contribution in [3.8, 4) is 11.5 Å². The summed E-state index contributed by atoms with van der Waals surface area (Å²) in [7, 11) is 3.06. The van der Waals surface area contributed by atoms with E-state index in [4.69, 9.17) is 42.1 Å². The number of carbonyl (C=O) groups excluding carboxylic acids is 2. The van der Waals surface area contributed by atoms with Gasteiger partial charge in [0.1, 0.15) is 24.1 Å². The van der Waals surface area contributed by atoms with E-state index < -0.39 is 29.9 Å². The summed E-state index contributed by atoms with van der Waals surface area (Å²) in [4.78, 5) is 29.3. The first-order valence-electron chi connectivity index (χ1n) is 16.2. The van der Waals surface area contributed by atoms with E-state index in [-0.39, 0.29) is 24.1 Å². The van der Waals surface area contributed by atoms with E-state index in [2.05, 4.69) is 16.8 Å². The molecule has 0 aromatic heterocycles. The Morgan fingerprint density at radius 3 is 2.29 bits per heavy atom. The number of piperidine rings is 3. The van der Waals surface area contributed by atoms with Crippen molar-refractivity contribution in [1.82, 2.24) is 10.2 Å². The van der Waals surface area contributed by atoms with Crippen LogP contribution in [-0.2, 0) is 20.8 Å². The summed E-state index contributed by atoms with van der Waals surface area (Å²) in [6, 6.07) is 17.2. The summed E-state index contributed by atoms with van der Waals surface area (Å²) in [5, 5.41) is 3.93. The number of fused-ring (bicyclic) bond motifs is 3. The van der Waals surface area contributed by atoms with Crippen LogP contribution in [0.15, 0.2) is 88.9 Å². The summed E-state index contributed by atoms with van der Waals surface area (Å²) in [6.07, 6.45) is 1.24. The van der Waals surface area contributed by atoms with Crippen LogP contribution in [-0.4, -0.2) is 56.8 Å². The van der Waals surface area contributed by atoms with Crippen molar-refractivity contribution in [2.24, 2.45) is 5.92 Å². The number of nitrogens with one attached hydrogen (secondary N) is 1. The van der Waals surface area contributed by atoms with Crippen LogP contribution in [0.5, 0.6) is 11.5 Å². The molecule has 0 radical (unpaired) electrons. The fourth-order valence-electron chi connectivity index (χ4n) is 6.37. The molecule has 3 aliphatic heterocycles. The maximum absolute atomic E-state index is 14.2. The number of esters is 2. The molecule has 1 N–H and O–H groups in total. The molecule has 3 fully saturated rings. The van der Waals surface area contributed by atoms with Gasteiger partial charge in [0, 0.05) is 29.6 Å². The van der Waals surface area contributed by atoms with E-state index in [1.165, 1.54) is 26.4 Å². The normalized spacial score (nSPS) is 20.1. The highest BCUT2D eigenvalue weighted by molar-refractivity contribution is 6.35. The zero-order valence-corrected chi connectivity index (χ0v) is 29.4. The van der Waals surface area contributed by atoms with Crippen molar-refractivity contribution < 1.29 is 32.9 Å². The summed E-state index contributed by atoms with van der Waals surface area (Å²) in [6.45, 7) is 8.55. The van der Waals surface area contributed by atoms with Gasteiger partial charge in [0.05, 0.1) is 19.8 Å². The van der Waals surface area contributed by atoms with Crippen molar-refractivity contribution in [2.75, 3.05) is 33.9 Å². The van der Waals surface area contributed by atoms with Crippen LogP contribution in [0.1, 0.15) is 65.4 Å². The van der Waals surface area contributed by atoms with Gasteiger partial charge in [-0.25, -0.2) is 14.0 Å². The second-order valence-corrected chi connectivity index (χ2v) is 13.3. The highest BCUT2D eigenvalue weighted by Gasteiger charge is 2.38. The molecule has 0 aliphatic carbocycles. The molecule has 1 unspecified atom stereocenters. The van der Waals surface area contributed by atoms with Gasteiger partial charge in [-0.2, -0.15) is 0 Å². The molecule has 3 aromatic rings. The monoisotopic (exact) mass is 710 g/mol. The first kappa shape index (κ1) is 36.4. The number of ether oxygens (including phenoxy) is 4. The number of halogens is 3. The van der Waals surface area contributed by atoms with Gasteiger partial charge in [-0.15, -0.1) is 0 Å². The van der Waals surface area contributed by atoms with Gasteiger partial charge in [0.2, 0.25) is 0 Å². The zero-order chi connectivity index (χ0) is 35.1. The Morgan fingerprint density at radius 1 is 0.980 bits per heavy atom. The van der Waals surface area contributed by atoms with Crippen molar-refractivity contribution in [1.29, 1.82) is 0 Å². The minimum atomic E-state index is -0.873. The van der Waals surface area contributed by atoms with Crippen LogP contribution >= 0.6 is 23.2 Å². The standard InChI is InChI=1S/C38H41Cl2FN2O6/c1-23(39)31(24(2)40)20-33(28-12-13-32(46-3)34(19-28)47-4)48-37(44)27-10-8-25(9-11-27)21-42-36(29-6-5-7-30(41)18-29)38(45)49-35-22-43-16-14-26(35)15-17-43/h5-13,18-19,26,33,35-36,42H,1,14-17,20-22H2,2-4H3/b31-24+/t33-,35-,36?/m0/s1. The lowest BCUT2D eigenvalue weighted by atomic mass is 9.86. The molecule has 3 saturated heterocycles. The summed E-state index contributed by atoms with van der Waals surface area (Å²) >= 11 is 12.6. The second-order valence-electron chi connectivity index (χ2n) is 12.3. The highest BCUT2D eigenvalue weighted by atomic mass is 35.5. The number of hydrogen-bond acceptors (Lipinski definition) is 8. The predicted molar refractivity (Wildman–Crippen MR) is 187 cm³/mol. The molecular weight excluding hydrogens is 670 g/mol. The van der Waals surface area contributed by atoms with Crippen molar-refractivity contribution in [3.63, 3.8) is 0 Å². The Balaban J connectivity index is 1.29. The summed E-state index contributed by atoms with van der Waals surface area (Å²) in [5.41, 5.74) is 2.79.